The molecule has 1 rings (SSSR count). The first-order chi connectivity index (χ1) is 8.99. The third-order valence-corrected chi connectivity index (χ3v) is 2.91. The summed E-state index contributed by atoms with van der Waals surface area (Å²) in [4.78, 5) is 11.1. The molecule has 1 aromatic rings. The van der Waals surface area contributed by atoms with Crippen molar-refractivity contribution in [3.8, 4) is 11.5 Å². The highest BCUT2D eigenvalue weighted by Crippen LogP contribution is 2.27. The van der Waals surface area contributed by atoms with E-state index in [-0.39, 0.29) is 5.92 Å². The van der Waals surface area contributed by atoms with Gasteiger partial charge >= 0.3 is 5.97 Å². The summed E-state index contributed by atoms with van der Waals surface area (Å²) >= 11 is 0. The Morgan fingerprint density at radius 3 is 2.37 bits per heavy atom. The predicted octanol–water partition coefficient (Wildman–Crippen LogP) is 1.90. The topological polar surface area (TPSA) is 67.8 Å². The van der Waals surface area contributed by atoms with Crippen LogP contribution in [0.3, 0.4) is 0 Å². The van der Waals surface area contributed by atoms with Crippen LogP contribution in [0.1, 0.15) is 19.4 Å². The number of hydrogen-bond acceptors (Lipinski definition) is 4. The maximum absolute atomic E-state index is 11.1. The zero-order valence-corrected chi connectivity index (χ0v) is 11.8. The van der Waals surface area contributed by atoms with Crippen molar-refractivity contribution in [1.82, 2.24) is 5.32 Å². The van der Waals surface area contributed by atoms with Crippen LogP contribution in [-0.4, -0.2) is 31.3 Å². The summed E-state index contributed by atoms with van der Waals surface area (Å²) < 4.78 is 10.4. The molecule has 0 spiro atoms. The summed E-state index contributed by atoms with van der Waals surface area (Å²) in [6, 6.07) is 4.97. The summed E-state index contributed by atoms with van der Waals surface area (Å²) in [5, 5.41) is 12.1. The second-order valence-corrected chi connectivity index (χ2v) is 4.63. The van der Waals surface area contributed by atoms with Gasteiger partial charge in [-0.05, 0) is 23.6 Å². The second kappa shape index (κ2) is 6.99. The number of benzene rings is 1. The number of carboxylic acids is 1. The van der Waals surface area contributed by atoms with Crippen LogP contribution in [0.25, 0.3) is 0 Å². The van der Waals surface area contributed by atoms with Gasteiger partial charge in [0, 0.05) is 6.54 Å². The van der Waals surface area contributed by atoms with Crippen LogP contribution in [0.15, 0.2) is 18.2 Å². The molecular weight excluding hydrogens is 246 g/mol. The largest absolute Gasteiger partial charge is 0.493 e. The van der Waals surface area contributed by atoms with Gasteiger partial charge in [-0.2, -0.15) is 0 Å². The maximum Gasteiger partial charge on any atom is 0.320 e. The van der Waals surface area contributed by atoms with Gasteiger partial charge in [0.25, 0.3) is 0 Å². The molecule has 0 fully saturated rings. The zero-order valence-electron chi connectivity index (χ0n) is 11.8. The fraction of sp³-hybridized carbons (Fsp3) is 0.500. The highest BCUT2D eigenvalue weighted by Gasteiger charge is 2.20. The highest BCUT2D eigenvalue weighted by atomic mass is 16.5. The Bertz CT molecular complexity index is 431. The smallest absolute Gasteiger partial charge is 0.320 e. The molecule has 0 bridgehead atoms. The standard InChI is InChI=1S/C14H21NO4/c1-9(2)13(14(16)17)15-8-10-5-6-11(18-3)12(7-10)19-4/h5-7,9,13,15H,8H2,1-4H3,(H,16,17). The minimum absolute atomic E-state index is 0.0256. The van der Waals surface area contributed by atoms with Gasteiger partial charge in [0.2, 0.25) is 0 Å². The van der Waals surface area contributed by atoms with Gasteiger partial charge in [-0.15, -0.1) is 0 Å². The monoisotopic (exact) mass is 267 g/mol. The molecule has 0 aromatic heterocycles. The Labute approximate surface area is 113 Å². The van der Waals surface area contributed by atoms with Crippen LogP contribution in [0, 0.1) is 5.92 Å². The van der Waals surface area contributed by atoms with Crippen molar-refractivity contribution in [3.63, 3.8) is 0 Å². The molecule has 0 aliphatic rings. The Morgan fingerprint density at radius 1 is 1.26 bits per heavy atom. The van der Waals surface area contributed by atoms with Crippen LogP contribution in [0.4, 0.5) is 0 Å². The molecule has 5 heteroatoms. The van der Waals surface area contributed by atoms with E-state index in [0.717, 1.165) is 5.56 Å². The lowest BCUT2D eigenvalue weighted by molar-refractivity contribution is -0.140. The quantitative estimate of drug-likeness (QED) is 0.789. The lowest BCUT2D eigenvalue weighted by Crippen LogP contribution is -2.40. The van der Waals surface area contributed by atoms with Crippen molar-refractivity contribution in [3.05, 3.63) is 23.8 Å². The molecular formula is C14H21NO4. The SMILES string of the molecule is COc1ccc(CNC(C(=O)O)C(C)C)cc1OC. The van der Waals surface area contributed by atoms with Gasteiger partial charge in [0.15, 0.2) is 11.5 Å². The molecule has 0 amide bonds. The van der Waals surface area contributed by atoms with Crippen LogP contribution >= 0.6 is 0 Å². The summed E-state index contributed by atoms with van der Waals surface area (Å²) in [6.07, 6.45) is 0. The average molecular weight is 267 g/mol. The third-order valence-electron chi connectivity index (χ3n) is 2.91. The van der Waals surface area contributed by atoms with E-state index in [1.807, 2.05) is 26.0 Å². The number of methoxy groups -OCH3 is 2. The molecule has 0 aliphatic heterocycles. The fourth-order valence-corrected chi connectivity index (χ4v) is 1.83. The van der Waals surface area contributed by atoms with Crippen molar-refractivity contribution < 1.29 is 19.4 Å². The maximum atomic E-state index is 11.1. The molecule has 19 heavy (non-hydrogen) atoms. The first kappa shape index (κ1) is 15.3. The minimum Gasteiger partial charge on any atom is -0.493 e. The summed E-state index contributed by atoms with van der Waals surface area (Å²) in [5.41, 5.74) is 0.949. The van der Waals surface area contributed by atoms with Crippen molar-refractivity contribution in [2.24, 2.45) is 5.92 Å². The number of ether oxygens (including phenoxy) is 2. The average Bonchev–Trinajstić information content (AvgIpc) is 2.37. The fourth-order valence-electron chi connectivity index (χ4n) is 1.83. The Morgan fingerprint density at radius 2 is 1.89 bits per heavy atom. The van der Waals surface area contributed by atoms with E-state index in [1.54, 1.807) is 20.3 Å². The van der Waals surface area contributed by atoms with Crippen molar-refractivity contribution >= 4 is 5.97 Å². The molecule has 0 heterocycles. The number of carbonyl (C=O) groups is 1. The number of aliphatic carboxylic acids is 1. The predicted molar refractivity (Wildman–Crippen MR) is 72.6 cm³/mol. The van der Waals surface area contributed by atoms with Gasteiger partial charge < -0.3 is 19.9 Å². The van der Waals surface area contributed by atoms with Crippen molar-refractivity contribution in [2.45, 2.75) is 26.4 Å². The minimum atomic E-state index is -0.838. The van der Waals surface area contributed by atoms with Crippen molar-refractivity contribution in [2.75, 3.05) is 14.2 Å². The van der Waals surface area contributed by atoms with Crippen LogP contribution < -0.4 is 14.8 Å². The van der Waals surface area contributed by atoms with E-state index in [4.69, 9.17) is 14.6 Å². The zero-order chi connectivity index (χ0) is 14.4. The van der Waals surface area contributed by atoms with Gasteiger partial charge in [0.05, 0.1) is 14.2 Å². The van der Waals surface area contributed by atoms with Crippen LogP contribution in [0.5, 0.6) is 11.5 Å². The molecule has 5 nitrogen and oxygen atoms in total. The molecule has 1 atom stereocenters. The molecule has 1 unspecified atom stereocenters. The van der Waals surface area contributed by atoms with E-state index in [9.17, 15) is 4.79 Å². The lowest BCUT2D eigenvalue weighted by atomic mass is 10.0. The normalized spacial score (nSPS) is 12.3. The molecule has 2 N–H and O–H groups in total. The van der Waals surface area contributed by atoms with E-state index in [0.29, 0.717) is 18.0 Å². The van der Waals surface area contributed by atoms with Crippen LogP contribution in [-0.2, 0) is 11.3 Å². The van der Waals surface area contributed by atoms with Gasteiger partial charge in [-0.25, -0.2) is 0 Å². The van der Waals surface area contributed by atoms with E-state index in [2.05, 4.69) is 5.32 Å². The Kier molecular flexibility index (Phi) is 5.63. The number of carboxylic acid groups (broad SMARTS) is 1. The highest BCUT2D eigenvalue weighted by molar-refractivity contribution is 5.73. The van der Waals surface area contributed by atoms with E-state index >= 15 is 0 Å². The van der Waals surface area contributed by atoms with Gasteiger partial charge in [-0.1, -0.05) is 19.9 Å². The second-order valence-electron chi connectivity index (χ2n) is 4.63. The van der Waals surface area contributed by atoms with E-state index < -0.39 is 12.0 Å². The lowest BCUT2D eigenvalue weighted by Gasteiger charge is -2.18. The summed E-state index contributed by atoms with van der Waals surface area (Å²) in [7, 11) is 3.15. The van der Waals surface area contributed by atoms with Crippen molar-refractivity contribution in [1.29, 1.82) is 0 Å². The number of rotatable bonds is 7. The summed E-state index contributed by atoms with van der Waals surface area (Å²) in [6.45, 7) is 4.22. The number of hydrogen-bond donors (Lipinski definition) is 2. The van der Waals surface area contributed by atoms with E-state index in [1.165, 1.54) is 0 Å². The molecule has 0 saturated heterocycles. The van der Waals surface area contributed by atoms with Gasteiger partial charge in [0.1, 0.15) is 6.04 Å². The third kappa shape index (κ3) is 4.13. The first-order valence-electron chi connectivity index (χ1n) is 6.16. The number of nitrogens with one attached hydrogen (secondary N) is 1. The van der Waals surface area contributed by atoms with Gasteiger partial charge in [-0.3, -0.25) is 4.79 Å². The Hall–Kier alpha value is -1.75. The summed E-state index contributed by atoms with van der Waals surface area (Å²) in [5.74, 6) is 0.483. The first-order valence-corrected chi connectivity index (χ1v) is 6.16. The molecule has 1 aromatic carbocycles. The molecule has 106 valence electrons. The Balaban J connectivity index is 2.74. The molecule has 0 saturated carbocycles. The molecule has 0 aliphatic carbocycles. The molecule has 0 radical (unpaired) electrons. The van der Waals surface area contributed by atoms with Crippen LogP contribution in [0.2, 0.25) is 0 Å².